The molecule has 2 aliphatic rings. The van der Waals surface area contributed by atoms with E-state index in [0.29, 0.717) is 5.92 Å². The van der Waals surface area contributed by atoms with Crippen LogP contribution in [0, 0.1) is 11.8 Å². The molecule has 2 rings (SSSR count). The highest BCUT2D eigenvalue weighted by Gasteiger charge is 2.27. The molecule has 1 saturated carbocycles. The van der Waals surface area contributed by atoms with Gasteiger partial charge in [-0.15, -0.1) is 0 Å². The molecule has 0 spiro atoms. The van der Waals surface area contributed by atoms with Crippen LogP contribution in [0.15, 0.2) is 11.6 Å². The van der Waals surface area contributed by atoms with Crippen LogP contribution >= 0.6 is 0 Å². The third-order valence-corrected chi connectivity index (χ3v) is 3.00. The van der Waals surface area contributed by atoms with Gasteiger partial charge < -0.3 is 4.79 Å². The van der Waals surface area contributed by atoms with Gasteiger partial charge in [-0.1, -0.05) is 11.6 Å². The van der Waals surface area contributed by atoms with Gasteiger partial charge in [0.15, 0.2) is 0 Å². The monoisotopic (exact) mass is 150 g/mol. The fraction of sp³-hybridized carbons (Fsp3) is 0.700. The number of carbonyl (C=O) groups is 1. The Balaban J connectivity index is 2.10. The second-order valence-corrected chi connectivity index (χ2v) is 3.74. The normalized spacial score (nSPS) is 36.2. The Morgan fingerprint density at radius 2 is 2.45 bits per heavy atom. The van der Waals surface area contributed by atoms with E-state index >= 15 is 0 Å². The van der Waals surface area contributed by atoms with Gasteiger partial charge in [-0.3, -0.25) is 0 Å². The van der Waals surface area contributed by atoms with Crippen molar-refractivity contribution in [2.45, 2.75) is 32.1 Å². The van der Waals surface area contributed by atoms with Crippen LogP contribution in [0.1, 0.15) is 32.1 Å². The number of hydrogen-bond donors (Lipinski definition) is 0. The molecule has 0 N–H and O–H groups in total. The first-order valence-corrected chi connectivity index (χ1v) is 4.54. The van der Waals surface area contributed by atoms with Crippen LogP contribution in [-0.4, -0.2) is 6.29 Å². The van der Waals surface area contributed by atoms with Crippen molar-refractivity contribution in [1.82, 2.24) is 0 Å². The average Bonchev–Trinajstić information content (AvgIpc) is 2.50. The molecule has 60 valence electrons. The quantitative estimate of drug-likeness (QED) is 0.414. The Hall–Kier alpha value is -0.590. The maximum Gasteiger partial charge on any atom is 0.123 e. The number of fused-ring (bicyclic) bond motifs is 1. The zero-order chi connectivity index (χ0) is 7.68. The van der Waals surface area contributed by atoms with Crippen LogP contribution in [-0.2, 0) is 4.79 Å². The smallest absolute Gasteiger partial charge is 0.123 e. The number of allylic oxidation sites excluding steroid dienone is 2. The number of aldehydes is 1. The molecule has 11 heavy (non-hydrogen) atoms. The fourth-order valence-corrected chi connectivity index (χ4v) is 2.36. The number of hydrogen-bond acceptors (Lipinski definition) is 1. The van der Waals surface area contributed by atoms with E-state index in [0.717, 1.165) is 25.0 Å². The van der Waals surface area contributed by atoms with Gasteiger partial charge in [-0.05, 0) is 38.0 Å². The highest BCUT2D eigenvalue weighted by molar-refractivity contribution is 5.54. The molecule has 2 unspecified atom stereocenters. The van der Waals surface area contributed by atoms with Crippen molar-refractivity contribution in [3.63, 3.8) is 0 Å². The first-order valence-electron chi connectivity index (χ1n) is 4.54. The minimum absolute atomic E-state index is 0.335. The molecule has 2 aliphatic carbocycles. The third-order valence-electron chi connectivity index (χ3n) is 3.00. The molecule has 0 radical (unpaired) electrons. The van der Waals surface area contributed by atoms with Crippen molar-refractivity contribution >= 4 is 6.29 Å². The van der Waals surface area contributed by atoms with Gasteiger partial charge in [-0.25, -0.2) is 0 Å². The van der Waals surface area contributed by atoms with Crippen LogP contribution in [0.3, 0.4) is 0 Å². The van der Waals surface area contributed by atoms with E-state index in [1.165, 1.54) is 19.3 Å². The average molecular weight is 150 g/mol. The Labute approximate surface area is 67.5 Å². The second-order valence-electron chi connectivity index (χ2n) is 3.74. The van der Waals surface area contributed by atoms with Crippen molar-refractivity contribution in [2.24, 2.45) is 11.8 Å². The molecule has 1 fully saturated rings. The predicted octanol–water partition coefficient (Wildman–Crippen LogP) is 2.32. The van der Waals surface area contributed by atoms with Gasteiger partial charge in [0.25, 0.3) is 0 Å². The molecule has 0 bridgehead atoms. The SMILES string of the molecule is O=CC1CC=C2CCCC2C1. The van der Waals surface area contributed by atoms with Crippen LogP contribution in [0.2, 0.25) is 0 Å². The summed E-state index contributed by atoms with van der Waals surface area (Å²) in [6.45, 7) is 0. The molecule has 0 aromatic rings. The lowest BCUT2D eigenvalue weighted by atomic mass is 9.83. The predicted molar refractivity (Wildman–Crippen MR) is 44.2 cm³/mol. The summed E-state index contributed by atoms with van der Waals surface area (Å²) in [5.41, 5.74) is 1.64. The minimum atomic E-state index is 0.335. The van der Waals surface area contributed by atoms with E-state index in [9.17, 15) is 4.79 Å². The number of rotatable bonds is 1. The van der Waals surface area contributed by atoms with Crippen molar-refractivity contribution in [3.8, 4) is 0 Å². The standard InChI is InChI=1S/C10H14O/c11-7-8-4-5-9-2-1-3-10(9)6-8/h5,7-8,10H,1-4,6H2. The largest absolute Gasteiger partial charge is 0.303 e. The summed E-state index contributed by atoms with van der Waals surface area (Å²) in [4.78, 5) is 10.5. The molecule has 1 heteroatoms. The first kappa shape index (κ1) is 7.08. The van der Waals surface area contributed by atoms with Gasteiger partial charge >= 0.3 is 0 Å². The molecular weight excluding hydrogens is 136 g/mol. The van der Waals surface area contributed by atoms with Gasteiger partial charge in [0, 0.05) is 5.92 Å². The van der Waals surface area contributed by atoms with Gasteiger partial charge in [0.1, 0.15) is 6.29 Å². The lowest BCUT2D eigenvalue weighted by molar-refractivity contribution is -0.111. The molecule has 1 nitrogen and oxygen atoms in total. The third kappa shape index (κ3) is 1.24. The Morgan fingerprint density at radius 1 is 1.55 bits per heavy atom. The first-order chi connectivity index (χ1) is 5.40. The summed E-state index contributed by atoms with van der Waals surface area (Å²) in [5, 5.41) is 0. The lowest BCUT2D eigenvalue weighted by Crippen LogP contribution is -2.13. The topological polar surface area (TPSA) is 17.1 Å². The van der Waals surface area contributed by atoms with E-state index in [4.69, 9.17) is 0 Å². The van der Waals surface area contributed by atoms with E-state index in [2.05, 4.69) is 6.08 Å². The molecular formula is C10H14O. The van der Waals surface area contributed by atoms with Crippen LogP contribution in [0.5, 0.6) is 0 Å². The molecule has 0 aromatic heterocycles. The molecule has 0 saturated heterocycles. The van der Waals surface area contributed by atoms with Gasteiger partial charge in [0.2, 0.25) is 0 Å². The van der Waals surface area contributed by atoms with Crippen LogP contribution < -0.4 is 0 Å². The van der Waals surface area contributed by atoms with Crippen molar-refractivity contribution in [1.29, 1.82) is 0 Å². The zero-order valence-corrected chi connectivity index (χ0v) is 6.75. The lowest BCUT2D eigenvalue weighted by Gasteiger charge is -2.21. The highest BCUT2D eigenvalue weighted by atomic mass is 16.1. The summed E-state index contributed by atoms with van der Waals surface area (Å²) in [6.07, 6.45) is 9.56. The number of carbonyl (C=O) groups excluding carboxylic acids is 1. The minimum Gasteiger partial charge on any atom is -0.303 e. The maximum absolute atomic E-state index is 10.5. The molecule has 2 atom stereocenters. The van der Waals surface area contributed by atoms with E-state index in [-0.39, 0.29) is 0 Å². The Kier molecular flexibility index (Phi) is 1.80. The fourth-order valence-electron chi connectivity index (χ4n) is 2.36. The summed E-state index contributed by atoms with van der Waals surface area (Å²) >= 11 is 0. The van der Waals surface area contributed by atoms with Crippen LogP contribution in [0.4, 0.5) is 0 Å². The molecule has 0 aromatic carbocycles. The van der Waals surface area contributed by atoms with Gasteiger partial charge in [-0.2, -0.15) is 0 Å². The van der Waals surface area contributed by atoms with E-state index < -0.39 is 0 Å². The molecule has 0 amide bonds. The molecule has 0 aliphatic heterocycles. The summed E-state index contributed by atoms with van der Waals surface area (Å²) < 4.78 is 0. The highest BCUT2D eigenvalue weighted by Crippen LogP contribution is 2.39. The zero-order valence-electron chi connectivity index (χ0n) is 6.75. The maximum atomic E-state index is 10.5. The Morgan fingerprint density at radius 3 is 3.27 bits per heavy atom. The van der Waals surface area contributed by atoms with E-state index in [1.807, 2.05) is 0 Å². The van der Waals surface area contributed by atoms with Crippen LogP contribution in [0.25, 0.3) is 0 Å². The summed E-state index contributed by atoms with van der Waals surface area (Å²) in [6, 6.07) is 0. The second kappa shape index (κ2) is 2.80. The van der Waals surface area contributed by atoms with Crippen molar-refractivity contribution < 1.29 is 4.79 Å². The van der Waals surface area contributed by atoms with E-state index in [1.54, 1.807) is 5.57 Å². The Bertz CT molecular complexity index is 193. The summed E-state index contributed by atoms with van der Waals surface area (Å²) in [7, 11) is 0. The summed E-state index contributed by atoms with van der Waals surface area (Å²) in [5.74, 6) is 1.11. The molecule has 0 heterocycles. The van der Waals surface area contributed by atoms with Crippen molar-refractivity contribution in [3.05, 3.63) is 11.6 Å². The van der Waals surface area contributed by atoms with Crippen molar-refractivity contribution in [2.75, 3.05) is 0 Å². The van der Waals surface area contributed by atoms with Gasteiger partial charge in [0.05, 0.1) is 0 Å².